The normalized spacial score (nSPS) is 19.0. The topological polar surface area (TPSA) is 97.8 Å². The third-order valence-electron chi connectivity index (χ3n) is 7.62. The molecule has 0 aromatic heterocycles. The van der Waals surface area contributed by atoms with Crippen LogP contribution in [0.2, 0.25) is 0 Å². The molecule has 0 radical (unpaired) electrons. The highest BCUT2D eigenvalue weighted by Crippen LogP contribution is 2.42. The van der Waals surface area contributed by atoms with Crippen molar-refractivity contribution in [2.24, 2.45) is 0 Å². The number of ketones is 1. The number of hydrogen-bond donors (Lipinski definition) is 1. The number of ether oxygens (including phenoxy) is 4. The number of likely N-dealkylation sites (tertiary alicyclic amines) is 1. The molecule has 0 bridgehead atoms. The number of aryl methyl sites for hydroxylation is 1. The Morgan fingerprint density at radius 3 is 2.43 bits per heavy atom. The van der Waals surface area contributed by atoms with Gasteiger partial charge in [-0.1, -0.05) is 25.8 Å². The molecule has 2 aliphatic rings. The van der Waals surface area contributed by atoms with E-state index in [9.17, 15) is 14.7 Å². The number of benzene rings is 2. The number of carbonyl (C=O) groups is 2. The number of aliphatic hydroxyl groups excluding tert-OH is 1. The SMILES string of the molecule is CCCCCOc1ccc(C2C(=C(O)c3ccc(OC(C)C)c(C)c3)C(=O)C(=O)N2CCN2CCOCC2)cc1OC. The first-order chi connectivity index (χ1) is 20.2. The largest absolute Gasteiger partial charge is 0.507 e. The van der Waals surface area contributed by atoms with Crippen molar-refractivity contribution in [2.75, 3.05) is 53.1 Å². The maximum atomic E-state index is 13.6. The highest BCUT2D eigenvalue weighted by molar-refractivity contribution is 6.46. The average molecular weight is 581 g/mol. The minimum atomic E-state index is -0.791. The van der Waals surface area contributed by atoms with Crippen molar-refractivity contribution in [3.05, 3.63) is 58.7 Å². The summed E-state index contributed by atoms with van der Waals surface area (Å²) in [7, 11) is 1.57. The van der Waals surface area contributed by atoms with Crippen LogP contribution in [0, 0.1) is 6.92 Å². The summed E-state index contributed by atoms with van der Waals surface area (Å²) in [6.07, 6.45) is 3.09. The van der Waals surface area contributed by atoms with Crippen molar-refractivity contribution >= 4 is 17.4 Å². The van der Waals surface area contributed by atoms with Crippen molar-refractivity contribution in [1.29, 1.82) is 0 Å². The van der Waals surface area contributed by atoms with Gasteiger partial charge in [-0.2, -0.15) is 0 Å². The number of rotatable bonds is 13. The van der Waals surface area contributed by atoms with Crippen LogP contribution >= 0.6 is 0 Å². The molecule has 4 rings (SSSR count). The lowest BCUT2D eigenvalue weighted by molar-refractivity contribution is -0.140. The Hall–Kier alpha value is -3.56. The number of morpholine rings is 1. The molecule has 2 aromatic rings. The molecule has 1 unspecified atom stereocenters. The molecule has 2 heterocycles. The predicted octanol–water partition coefficient (Wildman–Crippen LogP) is 5.11. The Kier molecular flexibility index (Phi) is 10.9. The molecule has 2 aromatic carbocycles. The summed E-state index contributed by atoms with van der Waals surface area (Å²) < 4.78 is 23.0. The summed E-state index contributed by atoms with van der Waals surface area (Å²) >= 11 is 0. The van der Waals surface area contributed by atoms with Gasteiger partial charge in [0.15, 0.2) is 11.5 Å². The fourth-order valence-corrected chi connectivity index (χ4v) is 5.38. The molecular weight excluding hydrogens is 536 g/mol. The smallest absolute Gasteiger partial charge is 0.295 e. The van der Waals surface area contributed by atoms with Gasteiger partial charge in [0, 0.05) is 31.7 Å². The highest BCUT2D eigenvalue weighted by atomic mass is 16.5. The van der Waals surface area contributed by atoms with E-state index < -0.39 is 17.7 Å². The van der Waals surface area contributed by atoms with Gasteiger partial charge in [0.25, 0.3) is 11.7 Å². The van der Waals surface area contributed by atoms with Crippen molar-refractivity contribution in [3.8, 4) is 17.2 Å². The standard InChI is InChI=1S/C33H44N2O7/c1-6-7-8-17-41-27-12-9-24(21-28(27)39-5)30-29(31(36)25-10-11-26(23(4)20-25)42-22(2)3)32(37)33(38)35(30)14-13-34-15-18-40-19-16-34/h9-12,20-22,30,36H,6-8,13-19H2,1-5H3. The van der Waals surface area contributed by atoms with Gasteiger partial charge < -0.3 is 29.0 Å². The Labute approximate surface area is 249 Å². The van der Waals surface area contributed by atoms with Gasteiger partial charge in [-0.3, -0.25) is 14.5 Å². The van der Waals surface area contributed by atoms with E-state index >= 15 is 0 Å². The highest BCUT2D eigenvalue weighted by Gasteiger charge is 2.46. The number of aliphatic hydroxyl groups is 1. The number of unbranched alkanes of at least 4 members (excludes halogenated alkanes) is 2. The van der Waals surface area contributed by atoms with Crippen LogP contribution in [-0.2, 0) is 14.3 Å². The molecule has 0 saturated carbocycles. The molecule has 9 nitrogen and oxygen atoms in total. The van der Waals surface area contributed by atoms with Gasteiger partial charge in [-0.05, 0) is 68.7 Å². The maximum absolute atomic E-state index is 13.6. The Morgan fingerprint density at radius 1 is 1.02 bits per heavy atom. The van der Waals surface area contributed by atoms with Crippen molar-refractivity contribution in [2.45, 2.75) is 59.1 Å². The fourth-order valence-electron chi connectivity index (χ4n) is 5.38. The first-order valence-electron chi connectivity index (χ1n) is 14.9. The van der Waals surface area contributed by atoms with E-state index in [1.54, 1.807) is 36.3 Å². The van der Waals surface area contributed by atoms with Crippen LogP contribution in [0.4, 0.5) is 0 Å². The minimum Gasteiger partial charge on any atom is -0.507 e. The van der Waals surface area contributed by atoms with E-state index in [1.807, 2.05) is 32.9 Å². The van der Waals surface area contributed by atoms with Crippen molar-refractivity contribution in [3.63, 3.8) is 0 Å². The first kappa shape index (κ1) is 31.4. The molecule has 0 aliphatic carbocycles. The van der Waals surface area contributed by atoms with Gasteiger partial charge in [-0.15, -0.1) is 0 Å². The zero-order chi connectivity index (χ0) is 30.2. The van der Waals surface area contributed by atoms with Gasteiger partial charge >= 0.3 is 0 Å². The molecule has 1 amide bonds. The summed E-state index contributed by atoms with van der Waals surface area (Å²) in [6, 6.07) is 9.93. The lowest BCUT2D eigenvalue weighted by atomic mass is 9.94. The van der Waals surface area contributed by atoms with E-state index in [4.69, 9.17) is 18.9 Å². The summed E-state index contributed by atoms with van der Waals surface area (Å²) in [5, 5.41) is 11.6. The molecular formula is C33H44N2O7. The monoisotopic (exact) mass is 580 g/mol. The minimum absolute atomic E-state index is 0.00601. The predicted molar refractivity (Wildman–Crippen MR) is 161 cm³/mol. The number of nitrogens with zero attached hydrogens (tertiary/aromatic N) is 2. The number of methoxy groups -OCH3 is 1. The second kappa shape index (κ2) is 14.6. The summed E-state index contributed by atoms with van der Waals surface area (Å²) in [5.41, 5.74) is 1.98. The molecule has 2 fully saturated rings. The van der Waals surface area contributed by atoms with Crippen molar-refractivity contribution < 1.29 is 33.6 Å². The molecule has 0 spiro atoms. The molecule has 228 valence electrons. The van der Waals surface area contributed by atoms with Gasteiger partial charge in [-0.25, -0.2) is 0 Å². The molecule has 1 atom stereocenters. The van der Waals surface area contributed by atoms with Crippen LogP contribution in [0.15, 0.2) is 42.0 Å². The van der Waals surface area contributed by atoms with Gasteiger partial charge in [0.1, 0.15) is 11.5 Å². The Balaban J connectivity index is 1.73. The summed E-state index contributed by atoms with van der Waals surface area (Å²) in [6.45, 7) is 12.2. The van der Waals surface area contributed by atoms with E-state index in [1.165, 1.54) is 0 Å². The first-order valence-corrected chi connectivity index (χ1v) is 14.9. The number of amides is 1. The number of carbonyl (C=O) groups excluding carboxylic acids is 2. The Bertz CT molecular complexity index is 1280. The van der Waals surface area contributed by atoms with E-state index in [0.29, 0.717) is 61.3 Å². The van der Waals surface area contributed by atoms with Crippen LogP contribution in [0.25, 0.3) is 5.76 Å². The van der Waals surface area contributed by atoms with Gasteiger partial charge in [0.05, 0.1) is 44.6 Å². The van der Waals surface area contributed by atoms with E-state index in [2.05, 4.69) is 11.8 Å². The molecule has 2 saturated heterocycles. The lowest BCUT2D eigenvalue weighted by Gasteiger charge is -2.31. The molecule has 1 N–H and O–H groups in total. The lowest BCUT2D eigenvalue weighted by Crippen LogP contribution is -2.42. The van der Waals surface area contributed by atoms with Crippen LogP contribution in [-0.4, -0.2) is 85.8 Å². The average Bonchev–Trinajstić information content (AvgIpc) is 3.24. The van der Waals surface area contributed by atoms with E-state index in [0.717, 1.165) is 37.9 Å². The van der Waals surface area contributed by atoms with Crippen LogP contribution in [0.3, 0.4) is 0 Å². The van der Waals surface area contributed by atoms with Crippen LogP contribution in [0.1, 0.15) is 62.8 Å². The summed E-state index contributed by atoms with van der Waals surface area (Å²) in [4.78, 5) is 30.8. The fraction of sp³-hybridized carbons (Fsp3) is 0.515. The molecule has 42 heavy (non-hydrogen) atoms. The van der Waals surface area contributed by atoms with Crippen molar-refractivity contribution in [1.82, 2.24) is 9.80 Å². The van der Waals surface area contributed by atoms with Gasteiger partial charge in [0.2, 0.25) is 0 Å². The van der Waals surface area contributed by atoms with E-state index in [-0.39, 0.29) is 17.4 Å². The maximum Gasteiger partial charge on any atom is 0.295 e. The second-order valence-corrected chi connectivity index (χ2v) is 11.1. The number of Topliss-reactive ketones (excluding diaryl/α,β-unsaturated/α-hetero) is 1. The van der Waals surface area contributed by atoms with Crippen LogP contribution in [0.5, 0.6) is 17.2 Å². The Morgan fingerprint density at radius 2 is 1.76 bits per heavy atom. The zero-order valence-electron chi connectivity index (χ0n) is 25.5. The number of hydrogen-bond acceptors (Lipinski definition) is 8. The zero-order valence-corrected chi connectivity index (χ0v) is 25.5. The third-order valence-corrected chi connectivity index (χ3v) is 7.62. The third kappa shape index (κ3) is 7.25. The quantitative estimate of drug-likeness (QED) is 0.151. The summed E-state index contributed by atoms with van der Waals surface area (Å²) in [5.74, 6) is 0.241. The molecule has 9 heteroatoms. The molecule has 2 aliphatic heterocycles. The second-order valence-electron chi connectivity index (χ2n) is 11.1. The van der Waals surface area contributed by atoms with Crippen LogP contribution < -0.4 is 14.2 Å².